The van der Waals surface area contributed by atoms with Crippen molar-refractivity contribution < 1.29 is 19.5 Å². The molecule has 5 heteroatoms. The molecule has 1 aromatic rings. The predicted molar refractivity (Wildman–Crippen MR) is 80.6 cm³/mol. The van der Waals surface area contributed by atoms with Gasteiger partial charge in [-0.15, -0.1) is 0 Å². The van der Waals surface area contributed by atoms with Gasteiger partial charge in [0.1, 0.15) is 0 Å². The van der Waals surface area contributed by atoms with E-state index in [4.69, 9.17) is 5.11 Å². The monoisotopic (exact) mass is 291 g/mol. The van der Waals surface area contributed by atoms with Crippen LogP contribution >= 0.6 is 0 Å². The average Bonchev–Trinajstić information content (AvgIpc) is 2.45. The molecular weight excluding hydrogens is 270 g/mol. The Balaban J connectivity index is 2.98. The highest BCUT2D eigenvalue weighted by Gasteiger charge is 2.17. The van der Waals surface area contributed by atoms with Gasteiger partial charge in [-0.2, -0.15) is 0 Å². The molecule has 0 aliphatic carbocycles. The largest absolute Gasteiger partial charge is 0.481 e. The van der Waals surface area contributed by atoms with Crippen molar-refractivity contribution in [2.45, 2.75) is 39.5 Å². The number of rotatable bonds is 8. The number of hydrogen-bond donors (Lipinski definition) is 1. The molecule has 0 atom stereocenters. The first-order valence-electron chi connectivity index (χ1n) is 7.09. The van der Waals surface area contributed by atoms with Crippen molar-refractivity contribution in [2.24, 2.45) is 0 Å². The first-order chi connectivity index (χ1) is 9.95. The highest BCUT2D eigenvalue weighted by atomic mass is 16.4. The number of Topliss-reactive ketones (excluding diaryl/α,β-unsaturated/α-hetero) is 1. The van der Waals surface area contributed by atoms with Gasteiger partial charge in [-0.05, 0) is 25.5 Å². The summed E-state index contributed by atoms with van der Waals surface area (Å²) in [7, 11) is 0. The van der Waals surface area contributed by atoms with Crippen molar-refractivity contribution in [3.63, 3.8) is 0 Å². The van der Waals surface area contributed by atoms with Crippen molar-refractivity contribution in [3.05, 3.63) is 29.8 Å². The van der Waals surface area contributed by atoms with Crippen LogP contribution in [0.3, 0.4) is 0 Å². The Labute approximate surface area is 124 Å². The third-order valence-corrected chi connectivity index (χ3v) is 3.16. The zero-order valence-corrected chi connectivity index (χ0v) is 12.5. The maximum absolute atomic E-state index is 12.2. The molecule has 1 rings (SSSR count). The second kappa shape index (κ2) is 8.19. The van der Waals surface area contributed by atoms with Gasteiger partial charge in [0.05, 0.1) is 6.42 Å². The fourth-order valence-corrected chi connectivity index (χ4v) is 1.96. The molecule has 0 fully saturated rings. The van der Waals surface area contributed by atoms with E-state index in [0.29, 0.717) is 17.7 Å². The van der Waals surface area contributed by atoms with Crippen LogP contribution in [0.2, 0.25) is 0 Å². The lowest BCUT2D eigenvalue weighted by molar-refractivity contribution is -0.136. The molecule has 0 aliphatic heterocycles. The van der Waals surface area contributed by atoms with Crippen LogP contribution in [0.1, 0.15) is 49.9 Å². The molecule has 0 aromatic heterocycles. The molecule has 21 heavy (non-hydrogen) atoms. The highest BCUT2D eigenvalue weighted by molar-refractivity contribution is 5.98. The zero-order chi connectivity index (χ0) is 15.8. The van der Waals surface area contributed by atoms with Crippen molar-refractivity contribution in [3.8, 4) is 0 Å². The van der Waals surface area contributed by atoms with Gasteiger partial charge in [-0.25, -0.2) is 0 Å². The smallest absolute Gasteiger partial charge is 0.305 e. The van der Waals surface area contributed by atoms with E-state index in [2.05, 4.69) is 0 Å². The molecular formula is C16H21NO4. The fourth-order valence-electron chi connectivity index (χ4n) is 1.96. The highest BCUT2D eigenvalue weighted by Crippen LogP contribution is 2.19. The van der Waals surface area contributed by atoms with Gasteiger partial charge >= 0.3 is 5.97 Å². The van der Waals surface area contributed by atoms with Crippen LogP contribution in [-0.4, -0.2) is 29.3 Å². The lowest BCUT2D eigenvalue weighted by atomic mass is 10.1. The number of anilines is 1. The number of carbonyl (C=O) groups is 3. The molecule has 0 aliphatic rings. The number of ketones is 1. The second-order valence-electron chi connectivity index (χ2n) is 4.90. The molecule has 1 N–H and O–H groups in total. The summed E-state index contributed by atoms with van der Waals surface area (Å²) in [6.45, 7) is 3.56. The van der Waals surface area contributed by atoms with Gasteiger partial charge in [0.25, 0.3) is 0 Å². The predicted octanol–water partition coefficient (Wildman–Crippen LogP) is 2.89. The van der Waals surface area contributed by atoms with Crippen LogP contribution in [0.15, 0.2) is 24.3 Å². The minimum atomic E-state index is -0.953. The SMILES string of the molecule is CCCCC(=O)N(CCC(=O)O)c1cccc(C(C)=O)c1. The maximum Gasteiger partial charge on any atom is 0.305 e. The van der Waals surface area contributed by atoms with Crippen LogP contribution in [0.4, 0.5) is 5.69 Å². The molecule has 1 aromatic carbocycles. The van der Waals surface area contributed by atoms with Crippen LogP contribution in [-0.2, 0) is 9.59 Å². The molecule has 0 spiro atoms. The van der Waals surface area contributed by atoms with Crippen molar-refractivity contribution in [2.75, 3.05) is 11.4 Å². The number of amides is 1. The third-order valence-electron chi connectivity index (χ3n) is 3.16. The van der Waals surface area contributed by atoms with Crippen LogP contribution in [0.25, 0.3) is 0 Å². The van der Waals surface area contributed by atoms with E-state index >= 15 is 0 Å². The Hall–Kier alpha value is -2.17. The van der Waals surface area contributed by atoms with Crippen molar-refractivity contribution >= 4 is 23.3 Å². The first-order valence-corrected chi connectivity index (χ1v) is 7.09. The summed E-state index contributed by atoms with van der Waals surface area (Å²) in [4.78, 5) is 35.9. The summed E-state index contributed by atoms with van der Waals surface area (Å²) in [6.07, 6.45) is 1.91. The number of aliphatic carboxylic acids is 1. The molecule has 0 unspecified atom stereocenters. The Morgan fingerprint density at radius 1 is 1.19 bits per heavy atom. The Kier molecular flexibility index (Phi) is 6.59. The third kappa shape index (κ3) is 5.38. The standard InChI is InChI=1S/C16H21NO4/c1-3-4-8-15(19)17(10-9-16(20)21)14-7-5-6-13(11-14)12(2)18/h5-7,11H,3-4,8-10H2,1-2H3,(H,20,21). The molecule has 1 amide bonds. The second-order valence-corrected chi connectivity index (χ2v) is 4.90. The molecule has 0 radical (unpaired) electrons. The van der Waals surface area contributed by atoms with E-state index in [1.165, 1.54) is 11.8 Å². The molecule has 5 nitrogen and oxygen atoms in total. The van der Waals surface area contributed by atoms with Crippen LogP contribution < -0.4 is 4.90 Å². The number of benzene rings is 1. The summed E-state index contributed by atoms with van der Waals surface area (Å²) < 4.78 is 0. The minimum Gasteiger partial charge on any atom is -0.481 e. The topological polar surface area (TPSA) is 74.7 Å². The van der Waals surface area contributed by atoms with Gasteiger partial charge in [0.2, 0.25) is 5.91 Å². The van der Waals surface area contributed by atoms with Gasteiger partial charge in [0, 0.05) is 24.2 Å². The summed E-state index contributed by atoms with van der Waals surface area (Å²) >= 11 is 0. The first kappa shape index (κ1) is 16.9. The summed E-state index contributed by atoms with van der Waals surface area (Å²) in [5, 5.41) is 8.82. The lowest BCUT2D eigenvalue weighted by Gasteiger charge is -2.22. The van der Waals surface area contributed by atoms with E-state index in [9.17, 15) is 14.4 Å². The number of hydrogen-bond acceptors (Lipinski definition) is 3. The fraction of sp³-hybridized carbons (Fsp3) is 0.438. The molecule has 0 bridgehead atoms. The number of unbranched alkanes of at least 4 members (excludes halogenated alkanes) is 1. The molecule has 0 saturated heterocycles. The van der Waals surface area contributed by atoms with E-state index in [-0.39, 0.29) is 24.7 Å². The van der Waals surface area contributed by atoms with E-state index in [1.54, 1.807) is 24.3 Å². The summed E-state index contributed by atoms with van der Waals surface area (Å²) in [5.41, 5.74) is 1.08. The number of carboxylic acids is 1. The van der Waals surface area contributed by atoms with E-state index in [1.807, 2.05) is 6.92 Å². The molecule has 0 heterocycles. The quantitative estimate of drug-likeness (QED) is 0.747. The number of carboxylic acid groups (broad SMARTS) is 1. The normalized spacial score (nSPS) is 10.2. The van der Waals surface area contributed by atoms with E-state index < -0.39 is 5.97 Å². The van der Waals surface area contributed by atoms with Crippen LogP contribution in [0.5, 0.6) is 0 Å². The number of carbonyl (C=O) groups excluding carboxylic acids is 2. The summed E-state index contributed by atoms with van der Waals surface area (Å²) in [5.74, 6) is -1.15. The lowest BCUT2D eigenvalue weighted by Crippen LogP contribution is -2.33. The Morgan fingerprint density at radius 2 is 1.90 bits per heavy atom. The van der Waals surface area contributed by atoms with Gasteiger partial charge in [-0.3, -0.25) is 14.4 Å². The van der Waals surface area contributed by atoms with Gasteiger partial charge in [0.15, 0.2) is 5.78 Å². The Morgan fingerprint density at radius 3 is 2.48 bits per heavy atom. The van der Waals surface area contributed by atoms with Crippen LogP contribution in [0, 0.1) is 0 Å². The molecule has 114 valence electrons. The van der Waals surface area contributed by atoms with Gasteiger partial charge < -0.3 is 10.0 Å². The van der Waals surface area contributed by atoms with Crippen molar-refractivity contribution in [1.82, 2.24) is 0 Å². The maximum atomic E-state index is 12.2. The number of nitrogens with zero attached hydrogens (tertiary/aromatic N) is 1. The molecule has 0 saturated carbocycles. The van der Waals surface area contributed by atoms with E-state index in [0.717, 1.165) is 12.8 Å². The van der Waals surface area contributed by atoms with Crippen molar-refractivity contribution in [1.29, 1.82) is 0 Å². The van der Waals surface area contributed by atoms with Gasteiger partial charge in [-0.1, -0.05) is 25.5 Å². The Bertz CT molecular complexity index is 525. The zero-order valence-electron chi connectivity index (χ0n) is 12.5. The average molecular weight is 291 g/mol. The minimum absolute atomic E-state index is 0.0870. The summed E-state index contributed by atoms with van der Waals surface area (Å²) in [6, 6.07) is 6.73.